The molecule has 272 valence electrons. The Bertz CT molecular complexity index is 3510. The molecule has 0 spiro atoms. The number of thiophene rings is 2. The normalized spacial score (nSPS) is 11.8. The average Bonchev–Trinajstić information content (AvgIpc) is 3.98. The first kappa shape index (κ1) is 33.2. The van der Waals surface area contributed by atoms with E-state index in [2.05, 4.69) is 205 Å². The molecule has 2 nitrogen and oxygen atoms in total. The Hall–Kier alpha value is -6.98. The quantitative estimate of drug-likeness (QED) is 0.167. The zero-order valence-electron chi connectivity index (χ0n) is 31.2. The summed E-state index contributed by atoms with van der Waals surface area (Å²) in [5.74, 6) is 0. The molecule has 9 aromatic carbocycles. The first-order chi connectivity index (χ1) is 28.7. The van der Waals surface area contributed by atoms with E-state index in [9.17, 15) is 0 Å². The third-order valence-corrected chi connectivity index (χ3v) is 13.8. The predicted molar refractivity (Wildman–Crippen MR) is 250 cm³/mol. The van der Waals surface area contributed by atoms with Gasteiger partial charge in [-0.25, -0.2) is 0 Å². The number of hydrogen-bond acceptors (Lipinski definition) is 4. The summed E-state index contributed by atoms with van der Waals surface area (Å²) in [6, 6.07) is 72.6. The van der Waals surface area contributed by atoms with Gasteiger partial charge in [0, 0.05) is 62.5 Å². The standard InChI is InChI=1S/C54H33NOS2/c1-4-14-34(15-5-1)37-30-44(36-18-8-3-9-19-36)52-45-32-38(25-29-47(45)56-48(52)31-37)55(39-24-26-42-41-20-10-12-22-49(41)57-51(42)33-39)46-28-27-40(35-16-6-2-7-17-35)54-53(46)43-21-11-13-23-50(43)58-54/h1-33H. The maximum Gasteiger partial charge on any atom is 0.136 e. The van der Waals surface area contributed by atoms with Crippen molar-refractivity contribution in [2.45, 2.75) is 0 Å². The molecule has 0 saturated heterocycles. The van der Waals surface area contributed by atoms with Crippen molar-refractivity contribution < 1.29 is 4.42 Å². The molecule has 12 aromatic rings. The van der Waals surface area contributed by atoms with E-state index in [1.807, 2.05) is 22.7 Å². The first-order valence-corrected chi connectivity index (χ1v) is 21.2. The summed E-state index contributed by atoms with van der Waals surface area (Å²) >= 11 is 3.73. The van der Waals surface area contributed by atoms with E-state index in [1.165, 1.54) is 51.5 Å². The molecule has 0 aliphatic rings. The van der Waals surface area contributed by atoms with E-state index < -0.39 is 0 Å². The zero-order valence-corrected chi connectivity index (χ0v) is 32.9. The molecule has 0 aliphatic carbocycles. The molecule has 0 bridgehead atoms. The van der Waals surface area contributed by atoms with Crippen molar-refractivity contribution in [3.05, 3.63) is 200 Å². The Morgan fingerprint density at radius 3 is 1.71 bits per heavy atom. The highest BCUT2D eigenvalue weighted by atomic mass is 32.1. The van der Waals surface area contributed by atoms with Crippen molar-refractivity contribution in [3.8, 4) is 33.4 Å². The predicted octanol–water partition coefficient (Wildman–Crippen LogP) is 16.8. The molecule has 3 heterocycles. The van der Waals surface area contributed by atoms with Gasteiger partial charge in [0.15, 0.2) is 0 Å². The second-order valence-electron chi connectivity index (χ2n) is 14.8. The van der Waals surface area contributed by atoms with Gasteiger partial charge in [0.05, 0.1) is 5.69 Å². The van der Waals surface area contributed by atoms with Crippen LogP contribution in [0.4, 0.5) is 17.1 Å². The molecule has 0 aliphatic heterocycles. The van der Waals surface area contributed by atoms with Gasteiger partial charge in [-0.05, 0) is 94.0 Å². The smallest absolute Gasteiger partial charge is 0.136 e. The second kappa shape index (κ2) is 13.3. The summed E-state index contributed by atoms with van der Waals surface area (Å²) in [6.45, 7) is 0. The summed E-state index contributed by atoms with van der Waals surface area (Å²) in [5, 5.41) is 7.31. The minimum absolute atomic E-state index is 0.867. The molecule has 58 heavy (non-hydrogen) atoms. The molecule has 0 saturated carbocycles. The minimum Gasteiger partial charge on any atom is -0.456 e. The van der Waals surface area contributed by atoms with Crippen molar-refractivity contribution in [1.82, 2.24) is 0 Å². The SMILES string of the molecule is c1ccc(-c2cc(-c3ccccc3)c3c(c2)oc2ccc(N(c4ccc5c(c4)sc4ccccc45)c4ccc(-c5ccccc5)c5sc6ccccc6c45)cc23)cc1. The van der Waals surface area contributed by atoms with Crippen LogP contribution in [0.25, 0.3) is 95.7 Å². The van der Waals surface area contributed by atoms with Gasteiger partial charge in [-0.2, -0.15) is 0 Å². The molecule has 0 atom stereocenters. The average molecular weight is 776 g/mol. The molecule has 0 amide bonds. The van der Waals surface area contributed by atoms with Crippen molar-refractivity contribution in [1.29, 1.82) is 0 Å². The van der Waals surface area contributed by atoms with Gasteiger partial charge < -0.3 is 9.32 Å². The summed E-state index contributed by atoms with van der Waals surface area (Å²) in [6.07, 6.45) is 0. The van der Waals surface area contributed by atoms with Crippen molar-refractivity contribution in [2.75, 3.05) is 4.90 Å². The Labute approximate surface area is 343 Å². The Balaban J connectivity index is 1.15. The van der Waals surface area contributed by atoms with Crippen LogP contribution in [0, 0.1) is 0 Å². The molecule has 0 radical (unpaired) electrons. The summed E-state index contributed by atoms with van der Waals surface area (Å²) in [7, 11) is 0. The highest BCUT2D eigenvalue weighted by Crippen LogP contribution is 2.50. The van der Waals surface area contributed by atoms with Gasteiger partial charge in [0.1, 0.15) is 11.2 Å². The summed E-state index contributed by atoms with van der Waals surface area (Å²) in [5.41, 5.74) is 12.2. The minimum atomic E-state index is 0.867. The van der Waals surface area contributed by atoms with E-state index in [-0.39, 0.29) is 0 Å². The van der Waals surface area contributed by atoms with Crippen LogP contribution < -0.4 is 4.90 Å². The molecule has 12 rings (SSSR count). The number of nitrogens with zero attached hydrogens (tertiary/aromatic N) is 1. The Morgan fingerprint density at radius 2 is 0.948 bits per heavy atom. The third kappa shape index (κ3) is 5.30. The van der Waals surface area contributed by atoms with Gasteiger partial charge >= 0.3 is 0 Å². The zero-order chi connectivity index (χ0) is 38.2. The first-order valence-electron chi connectivity index (χ1n) is 19.6. The van der Waals surface area contributed by atoms with Crippen LogP contribution in [0.3, 0.4) is 0 Å². The van der Waals surface area contributed by atoms with E-state index in [1.54, 1.807) is 0 Å². The van der Waals surface area contributed by atoms with Crippen molar-refractivity contribution >= 4 is 102 Å². The van der Waals surface area contributed by atoms with Gasteiger partial charge in [0.2, 0.25) is 0 Å². The molecule has 0 fully saturated rings. The summed E-state index contributed by atoms with van der Waals surface area (Å²) < 4.78 is 11.9. The van der Waals surface area contributed by atoms with Gasteiger partial charge in [-0.15, -0.1) is 22.7 Å². The van der Waals surface area contributed by atoms with Crippen LogP contribution in [0.1, 0.15) is 0 Å². The van der Waals surface area contributed by atoms with Gasteiger partial charge in [-0.1, -0.05) is 140 Å². The Kier molecular flexibility index (Phi) is 7.62. The lowest BCUT2D eigenvalue weighted by atomic mass is 9.94. The van der Waals surface area contributed by atoms with Crippen LogP contribution in [-0.4, -0.2) is 0 Å². The Morgan fingerprint density at radius 1 is 0.345 bits per heavy atom. The fourth-order valence-corrected chi connectivity index (χ4v) is 11.2. The lowest BCUT2D eigenvalue weighted by Crippen LogP contribution is -2.10. The fraction of sp³-hybridized carbons (Fsp3) is 0. The molecular weight excluding hydrogens is 743 g/mol. The molecular formula is C54H33NOS2. The number of anilines is 3. The number of fused-ring (bicyclic) bond motifs is 9. The van der Waals surface area contributed by atoms with Crippen LogP contribution in [-0.2, 0) is 0 Å². The number of hydrogen-bond donors (Lipinski definition) is 0. The monoisotopic (exact) mass is 775 g/mol. The highest BCUT2D eigenvalue weighted by molar-refractivity contribution is 7.26. The van der Waals surface area contributed by atoms with Crippen molar-refractivity contribution in [2.24, 2.45) is 0 Å². The molecule has 0 N–H and O–H groups in total. The number of benzene rings is 9. The topological polar surface area (TPSA) is 16.4 Å². The van der Waals surface area contributed by atoms with Gasteiger partial charge in [-0.3, -0.25) is 0 Å². The van der Waals surface area contributed by atoms with Crippen LogP contribution in [0.2, 0.25) is 0 Å². The van der Waals surface area contributed by atoms with E-state index in [0.29, 0.717) is 0 Å². The molecule has 3 aromatic heterocycles. The maximum absolute atomic E-state index is 6.78. The van der Waals surface area contributed by atoms with E-state index in [4.69, 9.17) is 4.42 Å². The number of furan rings is 1. The number of rotatable bonds is 6. The van der Waals surface area contributed by atoms with E-state index >= 15 is 0 Å². The second-order valence-corrected chi connectivity index (χ2v) is 17.0. The van der Waals surface area contributed by atoms with E-state index in [0.717, 1.165) is 61.3 Å². The highest BCUT2D eigenvalue weighted by Gasteiger charge is 2.24. The largest absolute Gasteiger partial charge is 0.456 e. The summed E-state index contributed by atoms with van der Waals surface area (Å²) in [4.78, 5) is 2.47. The van der Waals surface area contributed by atoms with Crippen molar-refractivity contribution in [3.63, 3.8) is 0 Å². The maximum atomic E-state index is 6.78. The molecule has 0 unspecified atom stereocenters. The van der Waals surface area contributed by atoms with Crippen LogP contribution >= 0.6 is 22.7 Å². The van der Waals surface area contributed by atoms with Crippen LogP contribution in [0.15, 0.2) is 205 Å². The third-order valence-electron chi connectivity index (χ3n) is 11.5. The molecule has 4 heteroatoms. The fourth-order valence-electron chi connectivity index (χ4n) is 8.80. The lowest BCUT2D eigenvalue weighted by Gasteiger charge is -2.27. The van der Waals surface area contributed by atoms with Gasteiger partial charge in [0.25, 0.3) is 0 Å². The lowest BCUT2D eigenvalue weighted by molar-refractivity contribution is 0.669. The van der Waals surface area contributed by atoms with Crippen LogP contribution in [0.5, 0.6) is 0 Å².